The van der Waals surface area contributed by atoms with E-state index in [1.54, 1.807) is 0 Å². The number of anilines is 6. The van der Waals surface area contributed by atoms with Crippen LogP contribution in [-0.2, 0) is 0 Å². The second-order valence-corrected chi connectivity index (χ2v) is 15.2. The zero-order valence-corrected chi connectivity index (χ0v) is 31.3. The van der Waals surface area contributed by atoms with Crippen LogP contribution in [0.4, 0.5) is 34.1 Å². The standard InChI is InChI=1S/C54H34N4/c1-5-17-35(18-6-1)55(36-19-7-2-8-20-36)45-29-15-31-47-51(45)41-27-13-25-39-43-34-50-44(33-49(43)57(47)53(39)41)40-26-14-28-42-52-46(30-16-32-48(52)58(50)54(40)42)56(37-21-9-3-10-22-37)38-23-11-4-12-24-38/h1-34H/i1D,3D. The molecule has 270 valence electrons. The molecular formula is C54H34N4. The molecule has 13 rings (SSSR count). The smallest absolute Gasteiger partial charge is 0.0623 e. The lowest BCUT2D eigenvalue weighted by atomic mass is 10.0. The Balaban J connectivity index is 1.09. The Morgan fingerprint density at radius 3 is 1.09 bits per heavy atom. The summed E-state index contributed by atoms with van der Waals surface area (Å²) in [6.45, 7) is 0. The summed E-state index contributed by atoms with van der Waals surface area (Å²) >= 11 is 0. The lowest BCUT2D eigenvalue weighted by Crippen LogP contribution is -2.10. The van der Waals surface area contributed by atoms with Crippen molar-refractivity contribution in [3.63, 3.8) is 0 Å². The summed E-state index contributed by atoms with van der Waals surface area (Å²) in [5.41, 5.74) is 13.5. The molecule has 0 radical (unpaired) electrons. The molecule has 0 unspecified atom stereocenters. The Hall–Kier alpha value is -7.82. The van der Waals surface area contributed by atoms with Gasteiger partial charge < -0.3 is 18.6 Å². The molecule has 0 bridgehead atoms. The lowest BCUT2D eigenvalue weighted by Gasteiger charge is -2.26. The summed E-state index contributed by atoms with van der Waals surface area (Å²) in [4.78, 5) is 4.64. The summed E-state index contributed by atoms with van der Waals surface area (Å²) in [6.07, 6.45) is 0. The zero-order valence-electron chi connectivity index (χ0n) is 33.3. The van der Waals surface area contributed by atoms with Gasteiger partial charge in [0, 0.05) is 65.8 Å². The molecule has 58 heavy (non-hydrogen) atoms. The van der Waals surface area contributed by atoms with Gasteiger partial charge in [0.15, 0.2) is 0 Å². The highest BCUT2D eigenvalue weighted by Gasteiger charge is 2.26. The first-order valence-corrected chi connectivity index (χ1v) is 19.8. The van der Waals surface area contributed by atoms with Crippen LogP contribution in [0.1, 0.15) is 2.74 Å². The first-order chi connectivity index (χ1) is 29.6. The number of benzene rings is 9. The van der Waals surface area contributed by atoms with Crippen LogP contribution in [-0.4, -0.2) is 8.80 Å². The molecule has 0 spiro atoms. The van der Waals surface area contributed by atoms with E-state index in [0.717, 1.165) is 45.2 Å². The minimum absolute atomic E-state index is 0.492. The van der Waals surface area contributed by atoms with E-state index in [0.29, 0.717) is 12.1 Å². The third-order valence-electron chi connectivity index (χ3n) is 12.2. The van der Waals surface area contributed by atoms with Crippen molar-refractivity contribution in [2.45, 2.75) is 0 Å². The van der Waals surface area contributed by atoms with E-state index >= 15 is 0 Å². The number of hydrogen-bond acceptors (Lipinski definition) is 2. The maximum absolute atomic E-state index is 8.21. The molecule has 0 N–H and O–H groups in total. The van der Waals surface area contributed by atoms with E-state index in [1.807, 2.05) is 48.5 Å². The van der Waals surface area contributed by atoms with Gasteiger partial charge in [0.2, 0.25) is 0 Å². The highest BCUT2D eigenvalue weighted by Crippen LogP contribution is 2.49. The first kappa shape index (κ1) is 29.5. The second kappa shape index (κ2) is 11.8. The molecule has 0 amide bonds. The van der Waals surface area contributed by atoms with Crippen molar-refractivity contribution in [2.24, 2.45) is 0 Å². The molecule has 0 aliphatic heterocycles. The second-order valence-electron chi connectivity index (χ2n) is 15.2. The molecule has 4 aromatic heterocycles. The minimum Gasteiger partial charge on any atom is -0.310 e. The Labute approximate surface area is 336 Å². The number of fused-ring (bicyclic) bond motifs is 12. The fraction of sp³-hybridized carbons (Fsp3) is 0. The molecule has 4 nitrogen and oxygen atoms in total. The molecule has 4 heterocycles. The Morgan fingerprint density at radius 2 is 0.672 bits per heavy atom. The third-order valence-corrected chi connectivity index (χ3v) is 12.2. The fourth-order valence-electron chi connectivity index (χ4n) is 9.94. The summed E-state index contributed by atoms with van der Waals surface area (Å²) < 4.78 is 21.4. The van der Waals surface area contributed by atoms with Crippen LogP contribution < -0.4 is 9.80 Å². The van der Waals surface area contributed by atoms with Gasteiger partial charge in [0.25, 0.3) is 0 Å². The van der Waals surface area contributed by atoms with Crippen LogP contribution in [0.15, 0.2) is 206 Å². The minimum atomic E-state index is 0.492. The normalized spacial score (nSPS) is 12.6. The predicted molar refractivity (Wildman–Crippen MR) is 245 cm³/mol. The van der Waals surface area contributed by atoms with Crippen LogP contribution in [0.25, 0.3) is 76.2 Å². The number of aromatic nitrogens is 2. The fourth-order valence-corrected chi connectivity index (χ4v) is 9.94. The number of nitrogens with zero attached hydrogens (tertiary/aromatic N) is 4. The van der Waals surface area contributed by atoms with E-state index in [9.17, 15) is 0 Å². The number of hydrogen-bond donors (Lipinski definition) is 0. The van der Waals surface area contributed by atoms with Crippen molar-refractivity contribution in [3.05, 3.63) is 206 Å². The molecule has 0 saturated carbocycles. The highest BCUT2D eigenvalue weighted by molar-refractivity contribution is 6.31. The Kier molecular flexibility index (Phi) is 6.02. The van der Waals surface area contributed by atoms with Gasteiger partial charge in [-0.2, -0.15) is 0 Å². The van der Waals surface area contributed by atoms with Gasteiger partial charge >= 0.3 is 0 Å². The molecule has 9 aromatic carbocycles. The number of rotatable bonds is 6. The largest absolute Gasteiger partial charge is 0.310 e. The van der Waals surface area contributed by atoms with Gasteiger partial charge in [0.1, 0.15) is 0 Å². The van der Waals surface area contributed by atoms with Crippen LogP contribution >= 0.6 is 0 Å². The zero-order chi connectivity index (χ0) is 39.6. The van der Waals surface area contributed by atoms with Gasteiger partial charge in [-0.1, -0.05) is 121 Å². The van der Waals surface area contributed by atoms with Gasteiger partial charge in [-0.25, -0.2) is 0 Å². The molecular weight excluding hydrogens is 705 g/mol. The van der Waals surface area contributed by atoms with Crippen LogP contribution in [0.2, 0.25) is 0 Å². The summed E-state index contributed by atoms with van der Waals surface area (Å²) in [7, 11) is 0. The quantitative estimate of drug-likeness (QED) is 0.169. The van der Waals surface area contributed by atoms with E-state index < -0.39 is 0 Å². The van der Waals surface area contributed by atoms with Crippen LogP contribution in [0.3, 0.4) is 0 Å². The molecule has 0 aliphatic carbocycles. The van der Waals surface area contributed by atoms with Crippen molar-refractivity contribution >= 4 is 110 Å². The van der Waals surface area contributed by atoms with Gasteiger partial charge in [-0.05, 0) is 84.9 Å². The van der Waals surface area contributed by atoms with Crippen LogP contribution in [0.5, 0.6) is 0 Å². The van der Waals surface area contributed by atoms with Crippen molar-refractivity contribution in [2.75, 3.05) is 9.80 Å². The van der Waals surface area contributed by atoms with Gasteiger partial charge in [-0.3, -0.25) is 0 Å². The van der Waals surface area contributed by atoms with Gasteiger partial charge in [0.05, 0.1) is 47.2 Å². The number of para-hydroxylation sites is 6. The highest BCUT2D eigenvalue weighted by atomic mass is 15.2. The molecule has 13 aromatic rings. The molecule has 4 heteroatoms. The molecule has 0 aliphatic rings. The van der Waals surface area contributed by atoms with Crippen LogP contribution in [0, 0.1) is 0 Å². The SMILES string of the molecule is [2H]c1ccc(N(c2ccccc2)c2cccc3c2c2cccc4c5cc6c(cc5n3c42)c2cccc3c4c(N(c5ccccc5)c5ccc([2H])cc5)cccc4n6c23)cc1. The third kappa shape index (κ3) is 4.18. The van der Waals surface area contributed by atoms with E-state index in [2.05, 4.69) is 164 Å². The Morgan fingerprint density at radius 1 is 0.310 bits per heavy atom. The lowest BCUT2D eigenvalue weighted by molar-refractivity contribution is 1.29. The van der Waals surface area contributed by atoms with Crippen molar-refractivity contribution in [3.8, 4) is 0 Å². The monoisotopic (exact) mass is 740 g/mol. The van der Waals surface area contributed by atoms with E-state index in [1.165, 1.54) is 65.2 Å². The van der Waals surface area contributed by atoms with E-state index in [-0.39, 0.29) is 0 Å². The summed E-state index contributed by atoms with van der Waals surface area (Å²) in [5, 5.41) is 9.75. The average molecular weight is 741 g/mol. The van der Waals surface area contributed by atoms with Crippen molar-refractivity contribution in [1.29, 1.82) is 0 Å². The topological polar surface area (TPSA) is 15.3 Å². The van der Waals surface area contributed by atoms with Gasteiger partial charge in [-0.15, -0.1) is 0 Å². The predicted octanol–water partition coefficient (Wildman–Crippen LogP) is 14.9. The molecule has 0 fully saturated rings. The molecule has 0 saturated heterocycles. The van der Waals surface area contributed by atoms with Crippen molar-refractivity contribution in [1.82, 2.24) is 8.80 Å². The first-order valence-electron chi connectivity index (χ1n) is 20.8. The summed E-state index contributed by atoms with van der Waals surface area (Å²) in [5.74, 6) is 0. The van der Waals surface area contributed by atoms with E-state index in [4.69, 9.17) is 2.74 Å². The molecule has 0 atom stereocenters. The van der Waals surface area contributed by atoms with Crippen molar-refractivity contribution < 1.29 is 2.74 Å². The Bertz CT molecular complexity index is 3530. The summed E-state index contributed by atoms with van der Waals surface area (Å²) in [6, 6.07) is 69.4. The maximum atomic E-state index is 8.21. The average Bonchev–Trinajstić information content (AvgIpc) is 4.02. The maximum Gasteiger partial charge on any atom is 0.0623 e.